The summed E-state index contributed by atoms with van der Waals surface area (Å²) in [4.78, 5) is 12.6. The van der Waals surface area contributed by atoms with Crippen LogP contribution in [0.4, 0.5) is 0 Å². The summed E-state index contributed by atoms with van der Waals surface area (Å²) in [6, 6.07) is 11.0. The molecule has 0 bridgehead atoms. The zero-order chi connectivity index (χ0) is 21.8. The molecule has 0 spiro atoms. The highest BCUT2D eigenvalue weighted by atomic mass is 35.5. The molecular formula is C24H32ClNO3. The van der Waals surface area contributed by atoms with Gasteiger partial charge < -0.3 is 15.5 Å². The number of halogens is 1. The van der Waals surface area contributed by atoms with Crippen molar-refractivity contribution in [3.8, 4) is 0 Å². The molecule has 3 N–H and O–H groups in total. The van der Waals surface area contributed by atoms with E-state index >= 15 is 0 Å². The number of aliphatic hydroxyl groups excluding tert-OH is 1. The molecule has 0 radical (unpaired) electrons. The van der Waals surface area contributed by atoms with E-state index in [9.17, 15) is 15.0 Å². The summed E-state index contributed by atoms with van der Waals surface area (Å²) >= 11 is 6.21. The molecule has 0 aliphatic heterocycles. The van der Waals surface area contributed by atoms with Crippen LogP contribution in [0.5, 0.6) is 0 Å². The van der Waals surface area contributed by atoms with Crippen LogP contribution in [0.25, 0.3) is 0 Å². The number of carbonyl (C=O) groups excluding carboxylic acids is 1. The lowest BCUT2D eigenvalue weighted by Crippen LogP contribution is -2.40. The van der Waals surface area contributed by atoms with Crippen LogP contribution in [0.15, 0.2) is 36.4 Å². The Kier molecular flexibility index (Phi) is 7.87. The summed E-state index contributed by atoms with van der Waals surface area (Å²) in [5.74, 6) is 0.0665. The molecule has 0 aliphatic rings. The van der Waals surface area contributed by atoms with Gasteiger partial charge in [0.1, 0.15) is 0 Å². The summed E-state index contributed by atoms with van der Waals surface area (Å²) in [5, 5.41) is 24.0. The second kappa shape index (κ2) is 9.75. The number of hydrogen-bond acceptors (Lipinski definition) is 3. The van der Waals surface area contributed by atoms with Crippen LogP contribution in [0.2, 0.25) is 5.02 Å². The number of benzene rings is 2. The number of carbonyl (C=O) groups is 1. The van der Waals surface area contributed by atoms with Crippen molar-refractivity contribution in [2.75, 3.05) is 6.61 Å². The van der Waals surface area contributed by atoms with E-state index in [1.165, 1.54) is 0 Å². The molecule has 5 heteroatoms. The van der Waals surface area contributed by atoms with Crippen molar-refractivity contribution in [1.82, 2.24) is 5.32 Å². The molecule has 0 fully saturated rings. The first-order valence-corrected chi connectivity index (χ1v) is 10.4. The molecule has 0 saturated carbocycles. The SMILES string of the molecule is Cc1ccc(Cl)c(CC(=O)NC(CO)Cc2c(C(C)C)cccc2C(C)(C)O)c1. The average molecular weight is 418 g/mol. The predicted octanol–water partition coefficient (Wildman–Crippen LogP) is 4.26. The molecule has 2 aromatic carbocycles. The van der Waals surface area contributed by atoms with Crippen LogP contribution in [-0.4, -0.2) is 28.8 Å². The molecule has 1 unspecified atom stereocenters. The summed E-state index contributed by atoms with van der Waals surface area (Å²) in [6.07, 6.45) is 0.596. The van der Waals surface area contributed by atoms with E-state index in [0.717, 1.165) is 27.8 Å². The third kappa shape index (κ3) is 6.30. The number of rotatable bonds is 8. The van der Waals surface area contributed by atoms with Gasteiger partial charge in [-0.05, 0) is 61.4 Å². The van der Waals surface area contributed by atoms with E-state index < -0.39 is 11.6 Å². The lowest BCUT2D eigenvalue weighted by atomic mass is 9.84. The fourth-order valence-corrected chi connectivity index (χ4v) is 3.83. The minimum atomic E-state index is -1.01. The number of aryl methyl sites for hydroxylation is 1. The number of aliphatic hydroxyl groups is 2. The van der Waals surface area contributed by atoms with Crippen LogP contribution in [0.3, 0.4) is 0 Å². The van der Waals surface area contributed by atoms with Gasteiger partial charge >= 0.3 is 0 Å². The molecule has 1 amide bonds. The fourth-order valence-electron chi connectivity index (χ4n) is 3.64. The highest BCUT2D eigenvalue weighted by Crippen LogP contribution is 2.31. The Morgan fingerprint density at radius 1 is 1.21 bits per heavy atom. The van der Waals surface area contributed by atoms with Crippen LogP contribution in [0.1, 0.15) is 61.4 Å². The zero-order valence-electron chi connectivity index (χ0n) is 17.9. The molecule has 158 valence electrons. The molecule has 0 heterocycles. The quantitative estimate of drug-likeness (QED) is 0.601. The first-order valence-electron chi connectivity index (χ1n) is 10.0. The zero-order valence-corrected chi connectivity index (χ0v) is 18.7. The largest absolute Gasteiger partial charge is 0.394 e. The lowest BCUT2D eigenvalue weighted by molar-refractivity contribution is -0.121. The smallest absolute Gasteiger partial charge is 0.224 e. The van der Waals surface area contributed by atoms with Crippen LogP contribution < -0.4 is 5.32 Å². The van der Waals surface area contributed by atoms with Gasteiger partial charge in [-0.25, -0.2) is 0 Å². The topological polar surface area (TPSA) is 69.6 Å². The Hall–Kier alpha value is -1.88. The van der Waals surface area contributed by atoms with Crippen LogP contribution in [0, 0.1) is 6.92 Å². The number of nitrogens with one attached hydrogen (secondary N) is 1. The van der Waals surface area contributed by atoms with E-state index in [1.807, 2.05) is 37.3 Å². The maximum absolute atomic E-state index is 12.6. The molecule has 0 aliphatic carbocycles. The molecule has 2 rings (SSSR count). The van der Waals surface area contributed by atoms with E-state index in [-0.39, 0.29) is 24.9 Å². The molecule has 0 saturated heterocycles. The van der Waals surface area contributed by atoms with Gasteiger partial charge in [-0.3, -0.25) is 4.79 Å². The second-order valence-electron chi connectivity index (χ2n) is 8.51. The summed E-state index contributed by atoms with van der Waals surface area (Å²) in [7, 11) is 0. The van der Waals surface area contributed by atoms with Crippen molar-refractivity contribution in [3.05, 3.63) is 69.2 Å². The Bertz CT molecular complexity index is 856. The van der Waals surface area contributed by atoms with Crippen molar-refractivity contribution >= 4 is 17.5 Å². The van der Waals surface area contributed by atoms with Crippen molar-refractivity contribution in [2.45, 2.75) is 65.0 Å². The first kappa shape index (κ1) is 23.4. The molecule has 1 atom stereocenters. The van der Waals surface area contributed by atoms with E-state index in [1.54, 1.807) is 19.9 Å². The Morgan fingerprint density at radius 3 is 2.48 bits per heavy atom. The van der Waals surface area contributed by atoms with Crippen molar-refractivity contribution in [2.24, 2.45) is 0 Å². The Balaban J connectivity index is 2.23. The van der Waals surface area contributed by atoms with Gasteiger partial charge in [0.25, 0.3) is 0 Å². The molecule has 29 heavy (non-hydrogen) atoms. The Labute approximate surface area is 178 Å². The number of amides is 1. The van der Waals surface area contributed by atoms with Crippen LogP contribution >= 0.6 is 11.6 Å². The molecule has 4 nitrogen and oxygen atoms in total. The minimum Gasteiger partial charge on any atom is -0.394 e. The highest BCUT2D eigenvalue weighted by Gasteiger charge is 2.25. The van der Waals surface area contributed by atoms with Gasteiger partial charge in [-0.2, -0.15) is 0 Å². The summed E-state index contributed by atoms with van der Waals surface area (Å²) < 4.78 is 0. The average Bonchev–Trinajstić information content (AvgIpc) is 2.63. The maximum Gasteiger partial charge on any atom is 0.224 e. The van der Waals surface area contributed by atoms with Crippen molar-refractivity contribution < 1.29 is 15.0 Å². The third-order valence-corrected chi connectivity index (χ3v) is 5.45. The van der Waals surface area contributed by atoms with E-state index in [2.05, 4.69) is 19.2 Å². The molecule has 0 aromatic heterocycles. The maximum atomic E-state index is 12.6. The summed E-state index contributed by atoms with van der Waals surface area (Å²) in [6.45, 7) is 9.46. The first-order chi connectivity index (χ1) is 13.5. The lowest BCUT2D eigenvalue weighted by Gasteiger charge is -2.27. The third-order valence-electron chi connectivity index (χ3n) is 5.08. The van der Waals surface area contributed by atoms with Gasteiger partial charge in [-0.1, -0.05) is 61.3 Å². The summed E-state index contributed by atoms with van der Waals surface area (Å²) in [5.41, 5.74) is 3.69. The minimum absolute atomic E-state index is 0.154. The molecular weight excluding hydrogens is 386 g/mol. The molecule has 2 aromatic rings. The second-order valence-corrected chi connectivity index (χ2v) is 8.92. The van der Waals surface area contributed by atoms with Crippen LogP contribution in [-0.2, 0) is 23.2 Å². The fraction of sp³-hybridized carbons (Fsp3) is 0.458. The van der Waals surface area contributed by atoms with Gasteiger partial charge in [0.2, 0.25) is 5.91 Å². The van der Waals surface area contributed by atoms with Gasteiger partial charge in [-0.15, -0.1) is 0 Å². The van der Waals surface area contributed by atoms with E-state index in [4.69, 9.17) is 11.6 Å². The highest BCUT2D eigenvalue weighted by molar-refractivity contribution is 6.31. The van der Waals surface area contributed by atoms with Gasteiger partial charge in [0.15, 0.2) is 0 Å². The van der Waals surface area contributed by atoms with Crippen molar-refractivity contribution in [1.29, 1.82) is 0 Å². The number of hydrogen-bond donors (Lipinski definition) is 3. The standard InChI is InChI=1S/C24H32ClNO3/c1-15(2)19-7-6-8-21(24(4,5)29)20(19)13-18(14-27)26-23(28)12-17-11-16(3)9-10-22(17)25/h6-11,15,18,27,29H,12-14H2,1-5H3,(H,26,28). The van der Waals surface area contributed by atoms with Gasteiger partial charge in [0.05, 0.1) is 24.7 Å². The predicted molar refractivity (Wildman–Crippen MR) is 118 cm³/mol. The monoisotopic (exact) mass is 417 g/mol. The normalized spacial score (nSPS) is 12.9. The Morgan fingerprint density at radius 2 is 1.90 bits per heavy atom. The van der Waals surface area contributed by atoms with Gasteiger partial charge in [0, 0.05) is 5.02 Å². The van der Waals surface area contributed by atoms with E-state index in [0.29, 0.717) is 11.4 Å². The van der Waals surface area contributed by atoms with Crippen molar-refractivity contribution in [3.63, 3.8) is 0 Å².